The maximum atomic E-state index is 11.0. The van der Waals surface area contributed by atoms with Gasteiger partial charge in [0.05, 0.1) is 16.9 Å². The summed E-state index contributed by atoms with van der Waals surface area (Å²) >= 11 is 6.10. The Morgan fingerprint density at radius 2 is 2.35 bits per heavy atom. The van der Waals surface area contributed by atoms with Gasteiger partial charge in [0.2, 0.25) is 5.91 Å². The molecule has 0 atom stereocenters. The summed E-state index contributed by atoms with van der Waals surface area (Å²) in [6, 6.07) is 5.39. The molecule has 2 rings (SSSR count). The highest BCUT2D eigenvalue weighted by Crippen LogP contribution is 2.25. The summed E-state index contributed by atoms with van der Waals surface area (Å²) in [7, 11) is 0. The summed E-state index contributed by atoms with van der Waals surface area (Å²) in [5.74, 6) is -0.149. The fourth-order valence-electron chi connectivity index (χ4n) is 1.69. The van der Waals surface area contributed by atoms with E-state index in [4.69, 9.17) is 11.6 Å². The Kier molecular flexibility index (Phi) is 4.42. The molecule has 2 aromatic rings. The SMILES string of the molecule is C=Cn1cc(CNc2ccc(NC(C)=O)c(Cl)c2)cn1. The van der Waals surface area contributed by atoms with Gasteiger partial charge in [-0.25, -0.2) is 4.68 Å². The zero-order valence-corrected chi connectivity index (χ0v) is 11.8. The molecule has 0 aliphatic rings. The van der Waals surface area contributed by atoms with Crippen molar-refractivity contribution in [1.82, 2.24) is 9.78 Å². The van der Waals surface area contributed by atoms with Gasteiger partial charge in [0.25, 0.3) is 0 Å². The molecule has 0 saturated heterocycles. The van der Waals surface area contributed by atoms with E-state index >= 15 is 0 Å². The van der Waals surface area contributed by atoms with Crippen molar-refractivity contribution < 1.29 is 4.79 Å². The third-order valence-electron chi connectivity index (χ3n) is 2.62. The Bertz CT molecular complexity index is 636. The molecule has 0 radical (unpaired) electrons. The van der Waals surface area contributed by atoms with Gasteiger partial charge >= 0.3 is 0 Å². The van der Waals surface area contributed by atoms with Gasteiger partial charge in [0.1, 0.15) is 0 Å². The van der Waals surface area contributed by atoms with Crippen molar-refractivity contribution in [2.75, 3.05) is 10.6 Å². The Hall–Kier alpha value is -2.27. The molecule has 20 heavy (non-hydrogen) atoms. The van der Waals surface area contributed by atoms with E-state index in [0.717, 1.165) is 11.3 Å². The van der Waals surface area contributed by atoms with E-state index in [0.29, 0.717) is 17.3 Å². The summed E-state index contributed by atoms with van der Waals surface area (Å²) < 4.78 is 1.64. The largest absolute Gasteiger partial charge is 0.381 e. The van der Waals surface area contributed by atoms with Gasteiger partial charge < -0.3 is 10.6 Å². The van der Waals surface area contributed by atoms with Crippen molar-refractivity contribution in [3.63, 3.8) is 0 Å². The number of anilines is 2. The summed E-state index contributed by atoms with van der Waals surface area (Å²) in [6.07, 6.45) is 5.28. The van der Waals surface area contributed by atoms with Gasteiger partial charge in [-0.2, -0.15) is 5.10 Å². The van der Waals surface area contributed by atoms with Gasteiger partial charge in [0, 0.05) is 37.1 Å². The minimum atomic E-state index is -0.149. The Morgan fingerprint density at radius 3 is 2.95 bits per heavy atom. The van der Waals surface area contributed by atoms with Crippen LogP contribution in [0.4, 0.5) is 11.4 Å². The topological polar surface area (TPSA) is 59.0 Å². The first-order chi connectivity index (χ1) is 9.58. The number of nitrogens with one attached hydrogen (secondary N) is 2. The number of rotatable bonds is 5. The van der Waals surface area contributed by atoms with Crippen molar-refractivity contribution in [1.29, 1.82) is 0 Å². The second-order valence-electron chi connectivity index (χ2n) is 4.24. The molecule has 0 unspecified atom stereocenters. The molecule has 0 spiro atoms. The molecule has 6 heteroatoms. The molecule has 2 N–H and O–H groups in total. The van der Waals surface area contributed by atoms with Gasteiger partial charge in [-0.1, -0.05) is 18.2 Å². The molecular weight excluding hydrogens is 276 g/mol. The number of carbonyl (C=O) groups excluding carboxylic acids is 1. The van der Waals surface area contributed by atoms with Crippen LogP contribution in [0.25, 0.3) is 6.20 Å². The van der Waals surface area contributed by atoms with Crippen molar-refractivity contribution >= 4 is 35.1 Å². The quantitative estimate of drug-likeness (QED) is 0.889. The third kappa shape index (κ3) is 3.61. The van der Waals surface area contributed by atoms with Crippen LogP contribution in [0, 0.1) is 0 Å². The second kappa shape index (κ2) is 6.25. The number of amides is 1. The van der Waals surface area contributed by atoms with E-state index in [-0.39, 0.29) is 5.91 Å². The lowest BCUT2D eigenvalue weighted by Gasteiger charge is -2.09. The van der Waals surface area contributed by atoms with Crippen LogP contribution in [0.1, 0.15) is 12.5 Å². The van der Waals surface area contributed by atoms with E-state index in [1.807, 2.05) is 12.3 Å². The van der Waals surface area contributed by atoms with Gasteiger partial charge in [-0.3, -0.25) is 4.79 Å². The van der Waals surface area contributed by atoms with Gasteiger partial charge in [-0.05, 0) is 18.2 Å². The van der Waals surface area contributed by atoms with Crippen LogP contribution in [-0.2, 0) is 11.3 Å². The lowest BCUT2D eigenvalue weighted by Crippen LogP contribution is -2.06. The number of carbonyl (C=O) groups is 1. The van der Waals surface area contributed by atoms with Crippen LogP contribution in [0.5, 0.6) is 0 Å². The van der Waals surface area contributed by atoms with Crippen LogP contribution in [0.2, 0.25) is 5.02 Å². The molecule has 0 saturated carbocycles. The minimum absolute atomic E-state index is 0.149. The van der Waals surface area contributed by atoms with E-state index in [9.17, 15) is 4.79 Å². The van der Waals surface area contributed by atoms with Crippen LogP contribution in [0.15, 0.2) is 37.2 Å². The maximum absolute atomic E-state index is 11.0. The van der Waals surface area contributed by atoms with Crippen LogP contribution in [0.3, 0.4) is 0 Å². The summed E-state index contributed by atoms with van der Waals surface area (Å²) in [6.45, 7) is 5.71. The molecule has 1 heterocycles. The lowest BCUT2D eigenvalue weighted by atomic mass is 10.2. The second-order valence-corrected chi connectivity index (χ2v) is 4.65. The molecule has 1 aromatic carbocycles. The average Bonchev–Trinajstić information content (AvgIpc) is 2.87. The molecule has 1 amide bonds. The number of hydrogen-bond donors (Lipinski definition) is 2. The molecule has 1 aromatic heterocycles. The molecule has 0 aliphatic heterocycles. The number of benzene rings is 1. The zero-order valence-electron chi connectivity index (χ0n) is 11.1. The summed E-state index contributed by atoms with van der Waals surface area (Å²) in [4.78, 5) is 11.0. The molecule has 104 valence electrons. The smallest absolute Gasteiger partial charge is 0.221 e. The Labute approximate surface area is 122 Å². The van der Waals surface area contributed by atoms with E-state index < -0.39 is 0 Å². The highest BCUT2D eigenvalue weighted by molar-refractivity contribution is 6.34. The fourth-order valence-corrected chi connectivity index (χ4v) is 1.92. The van der Waals surface area contributed by atoms with Gasteiger partial charge in [0.15, 0.2) is 0 Å². The van der Waals surface area contributed by atoms with E-state index in [1.54, 1.807) is 29.2 Å². The first kappa shape index (κ1) is 14.1. The third-order valence-corrected chi connectivity index (χ3v) is 2.93. The normalized spacial score (nSPS) is 10.1. The average molecular weight is 291 g/mol. The van der Waals surface area contributed by atoms with Crippen molar-refractivity contribution in [2.24, 2.45) is 0 Å². The predicted molar refractivity (Wildman–Crippen MR) is 81.7 cm³/mol. The molecular formula is C14H15ClN4O. The number of aromatic nitrogens is 2. The number of halogens is 1. The first-order valence-corrected chi connectivity index (χ1v) is 6.43. The Morgan fingerprint density at radius 1 is 1.55 bits per heavy atom. The highest BCUT2D eigenvalue weighted by Gasteiger charge is 2.04. The zero-order chi connectivity index (χ0) is 14.5. The number of nitrogens with zero attached hydrogens (tertiary/aromatic N) is 2. The van der Waals surface area contributed by atoms with Crippen LogP contribution in [-0.4, -0.2) is 15.7 Å². The Balaban J connectivity index is 2.01. The minimum Gasteiger partial charge on any atom is -0.381 e. The fraction of sp³-hybridized carbons (Fsp3) is 0.143. The van der Waals surface area contributed by atoms with E-state index in [1.165, 1.54) is 6.92 Å². The summed E-state index contributed by atoms with van der Waals surface area (Å²) in [5, 5.41) is 10.5. The highest BCUT2D eigenvalue weighted by atomic mass is 35.5. The molecule has 5 nitrogen and oxygen atoms in total. The molecule has 0 bridgehead atoms. The van der Waals surface area contributed by atoms with Gasteiger partial charge in [-0.15, -0.1) is 0 Å². The van der Waals surface area contributed by atoms with Crippen molar-refractivity contribution in [3.8, 4) is 0 Å². The summed E-state index contributed by atoms with van der Waals surface area (Å²) in [5.41, 5.74) is 2.51. The lowest BCUT2D eigenvalue weighted by molar-refractivity contribution is -0.114. The predicted octanol–water partition coefficient (Wildman–Crippen LogP) is 3.21. The van der Waals surface area contributed by atoms with Crippen LogP contribution < -0.4 is 10.6 Å². The first-order valence-electron chi connectivity index (χ1n) is 6.05. The standard InChI is InChI=1S/C14H15ClN4O/c1-3-19-9-11(8-17-19)7-16-12-4-5-14(13(15)6-12)18-10(2)20/h3-6,8-9,16H,1,7H2,2H3,(H,18,20). The maximum Gasteiger partial charge on any atom is 0.221 e. The monoisotopic (exact) mass is 290 g/mol. The van der Waals surface area contributed by atoms with Crippen molar-refractivity contribution in [2.45, 2.75) is 13.5 Å². The molecule has 0 aliphatic carbocycles. The van der Waals surface area contributed by atoms with Crippen molar-refractivity contribution in [3.05, 3.63) is 47.8 Å². The van der Waals surface area contributed by atoms with Crippen LogP contribution >= 0.6 is 11.6 Å². The molecule has 0 fully saturated rings. The van der Waals surface area contributed by atoms with E-state index in [2.05, 4.69) is 22.3 Å². The number of hydrogen-bond acceptors (Lipinski definition) is 3.